The minimum absolute atomic E-state index is 0.251. The predicted octanol–water partition coefficient (Wildman–Crippen LogP) is 5.48. The Hall–Kier alpha value is 0.680. The van der Waals surface area contributed by atoms with E-state index in [1.54, 1.807) is 0 Å². The van der Waals surface area contributed by atoms with Gasteiger partial charge in [0, 0.05) is 42.6 Å². The number of rotatable bonds is 14. The molecule has 1 atom stereocenters. The lowest BCUT2D eigenvalue weighted by Crippen LogP contribution is -2.39. The van der Waals surface area contributed by atoms with Crippen LogP contribution >= 0.6 is 30.6 Å². The van der Waals surface area contributed by atoms with E-state index in [0.717, 1.165) is 24.7 Å². The van der Waals surface area contributed by atoms with Crippen LogP contribution in [0.4, 0.5) is 0 Å². The van der Waals surface area contributed by atoms with Gasteiger partial charge in [0.15, 0.2) is 5.12 Å². The van der Waals surface area contributed by atoms with Crippen molar-refractivity contribution in [1.29, 1.82) is 0 Å². The number of carbonyl (C=O) groups excluding carboxylic acids is 1. The first-order chi connectivity index (χ1) is 11.8. The predicted molar refractivity (Wildman–Crippen MR) is 118 cm³/mol. The van der Waals surface area contributed by atoms with Crippen molar-refractivity contribution >= 4 is 35.7 Å². The van der Waals surface area contributed by atoms with Crippen LogP contribution in [0.5, 0.6) is 0 Å². The van der Waals surface area contributed by atoms with E-state index in [0.29, 0.717) is 31.2 Å². The molecule has 0 radical (unpaired) electrons. The molecule has 0 N–H and O–H groups in total. The highest BCUT2D eigenvalue weighted by atomic mass is 32.7. The summed E-state index contributed by atoms with van der Waals surface area (Å²) in [7, 11) is -0.399. The summed E-state index contributed by atoms with van der Waals surface area (Å²) < 4.78 is 11.0. The SMILES string of the molecule is CCC(=O)SCCOCCSP(N(CC)C(C)C)N(C(C)C)C(C)C. The molecule has 0 rings (SSSR count). The molecule has 0 saturated heterocycles. The van der Waals surface area contributed by atoms with Gasteiger partial charge in [-0.15, -0.1) is 0 Å². The Balaban J connectivity index is 4.52. The Morgan fingerprint density at radius 2 is 1.52 bits per heavy atom. The molecule has 0 aromatic heterocycles. The smallest absolute Gasteiger partial charge is 0.188 e. The summed E-state index contributed by atoms with van der Waals surface area (Å²) in [6.07, 6.45) is 0.604. The first-order valence-electron chi connectivity index (χ1n) is 9.47. The second-order valence-corrected chi connectivity index (χ2v) is 11.7. The first kappa shape index (κ1) is 25.7. The summed E-state index contributed by atoms with van der Waals surface area (Å²) in [4.78, 5) is 11.3. The maximum absolute atomic E-state index is 11.3. The lowest BCUT2D eigenvalue weighted by atomic mass is 10.3. The van der Waals surface area contributed by atoms with Crippen molar-refractivity contribution in [3.8, 4) is 0 Å². The summed E-state index contributed by atoms with van der Waals surface area (Å²) >= 11 is 3.42. The fourth-order valence-electron chi connectivity index (χ4n) is 2.54. The van der Waals surface area contributed by atoms with Crippen molar-refractivity contribution < 1.29 is 9.53 Å². The second-order valence-electron chi connectivity index (χ2n) is 6.69. The van der Waals surface area contributed by atoms with Gasteiger partial charge >= 0.3 is 0 Å². The van der Waals surface area contributed by atoms with Crippen LogP contribution in [0.25, 0.3) is 0 Å². The first-order valence-corrected chi connectivity index (χ1v) is 13.3. The van der Waals surface area contributed by atoms with E-state index < -0.39 is 7.42 Å². The van der Waals surface area contributed by atoms with E-state index in [2.05, 4.69) is 57.8 Å². The van der Waals surface area contributed by atoms with Crippen molar-refractivity contribution in [2.24, 2.45) is 0 Å². The van der Waals surface area contributed by atoms with E-state index in [1.807, 2.05) is 18.3 Å². The molecular weight excluding hydrogens is 371 g/mol. The van der Waals surface area contributed by atoms with E-state index in [1.165, 1.54) is 11.8 Å². The summed E-state index contributed by atoms with van der Waals surface area (Å²) in [6.45, 7) is 20.4. The zero-order valence-corrected chi connectivity index (χ0v) is 20.0. The molecule has 4 nitrogen and oxygen atoms in total. The standard InChI is InChI=1S/C18H39N2O2PS2/c1-9-18(21)24-13-11-22-12-14-25-23(19(10-2)15(3)4)20(16(5)6)17(7)8/h15-17H,9-14H2,1-8H3. The number of hydrogen-bond acceptors (Lipinski definition) is 6. The summed E-state index contributed by atoms with van der Waals surface area (Å²) in [6, 6.07) is 1.61. The molecule has 0 amide bonds. The molecule has 0 aliphatic carbocycles. The van der Waals surface area contributed by atoms with Gasteiger partial charge in [0.05, 0.1) is 13.2 Å². The van der Waals surface area contributed by atoms with Crippen molar-refractivity contribution in [3.63, 3.8) is 0 Å². The lowest BCUT2D eigenvalue weighted by Gasteiger charge is -2.44. The van der Waals surface area contributed by atoms with Crippen LogP contribution in [0.2, 0.25) is 0 Å². The third-order valence-electron chi connectivity index (χ3n) is 3.61. The number of ether oxygens (including phenoxy) is 1. The molecule has 0 spiro atoms. The quantitative estimate of drug-likeness (QED) is 0.278. The van der Waals surface area contributed by atoms with Gasteiger partial charge < -0.3 is 4.74 Å². The Morgan fingerprint density at radius 1 is 0.960 bits per heavy atom. The Kier molecular flexibility index (Phi) is 15.1. The van der Waals surface area contributed by atoms with E-state index in [-0.39, 0.29) is 5.12 Å². The third-order valence-corrected chi connectivity index (χ3v) is 10.1. The molecule has 0 aromatic carbocycles. The van der Waals surface area contributed by atoms with Crippen LogP contribution in [0.1, 0.15) is 61.8 Å². The summed E-state index contributed by atoms with van der Waals surface area (Å²) in [5.74, 6) is 1.76. The van der Waals surface area contributed by atoms with Crippen LogP contribution in [-0.2, 0) is 9.53 Å². The van der Waals surface area contributed by atoms with Gasteiger partial charge in [-0.05, 0) is 41.5 Å². The number of thioether (sulfide) groups is 1. The van der Waals surface area contributed by atoms with Crippen LogP contribution in [-0.4, -0.2) is 63.8 Å². The molecule has 0 bridgehead atoms. The van der Waals surface area contributed by atoms with Gasteiger partial charge in [0.25, 0.3) is 0 Å². The van der Waals surface area contributed by atoms with Crippen molar-refractivity contribution in [1.82, 2.24) is 9.34 Å². The van der Waals surface area contributed by atoms with Gasteiger partial charge in [-0.3, -0.25) is 14.1 Å². The molecule has 0 saturated carbocycles. The molecule has 0 aliphatic heterocycles. The number of nitrogens with zero attached hydrogens (tertiary/aromatic N) is 2. The molecule has 25 heavy (non-hydrogen) atoms. The molecule has 1 unspecified atom stereocenters. The van der Waals surface area contributed by atoms with Crippen LogP contribution in [0, 0.1) is 0 Å². The molecule has 0 aromatic rings. The topological polar surface area (TPSA) is 32.8 Å². The van der Waals surface area contributed by atoms with Crippen molar-refractivity contribution in [2.75, 3.05) is 31.3 Å². The Bertz CT molecular complexity index is 350. The monoisotopic (exact) mass is 410 g/mol. The molecule has 7 heteroatoms. The number of hydrogen-bond donors (Lipinski definition) is 0. The van der Waals surface area contributed by atoms with Crippen molar-refractivity contribution in [2.45, 2.75) is 79.9 Å². The van der Waals surface area contributed by atoms with Gasteiger partial charge in [-0.2, -0.15) is 0 Å². The minimum Gasteiger partial charge on any atom is -0.380 e. The molecule has 0 fully saturated rings. The highest BCUT2D eigenvalue weighted by Crippen LogP contribution is 2.58. The fourth-order valence-corrected chi connectivity index (χ4v) is 9.11. The summed E-state index contributed by atoms with van der Waals surface area (Å²) in [5.41, 5.74) is 0. The molecule has 0 aliphatic rings. The van der Waals surface area contributed by atoms with E-state index in [9.17, 15) is 4.79 Å². The van der Waals surface area contributed by atoms with Gasteiger partial charge in [-0.1, -0.05) is 37.0 Å². The zero-order valence-electron chi connectivity index (χ0n) is 17.4. The Morgan fingerprint density at radius 3 is 1.96 bits per heavy atom. The lowest BCUT2D eigenvalue weighted by molar-refractivity contribution is -0.110. The normalized spacial score (nSPS) is 13.6. The van der Waals surface area contributed by atoms with Gasteiger partial charge in [0.2, 0.25) is 0 Å². The fraction of sp³-hybridized carbons (Fsp3) is 0.944. The molecule has 150 valence electrons. The zero-order chi connectivity index (χ0) is 19.4. The van der Waals surface area contributed by atoms with Crippen LogP contribution < -0.4 is 0 Å². The van der Waals surface area contributed by atoms with Crippen LogP contribution in [0.15, 0.2) is 0 Å². The van der Waals surface area contributed by atoms with Gasteiger partial charge in [-0.25, -0.2) is 0 Å². The molecular formula is C18H39N2O2PS2. The van der Waals surface area contributed by atoms with E-state index in [4.69, 9.17) is 4.74 Å². The maximum Gasteiger partial charge on any atom is 0.188 e. The van der Waals surface area contributed by atoms with Crippen molar-refractivity contribution in [3.05, 3.63) is 0 Å². The average molecular weight is 411 g/mol. The highest BCUT2D eigenvalue weighted by Gasteiger charge is 2.30. The number of carbonyl (C=O) groups is 1. The van der Waals surface area contributed by atoms with Gasteiger partial charge in [0.1, 0.15) is 7.42 Å². The minimum atomic E-state index is -0.399. The summed E-state index contributed by atoms with van der Waals surface area (Å²) in [5, 5.41) is 0.251. The average Bonchev–Trinajstić information content (AvgIpc) is 2.52. The van der Waals surface area contributed by atoms with Crippen LogP contribution in [0.3, 0.4) is 0 Å². The third kappa shape index (κ3) is 10.6. The maximum atomic E-state index is 11.3. The second kappa shape index (κ2) is 14.7. The highest BCUT2D eigenvalue weighted by molar-refractivity contribution is 8.54. The molecule has 0 heterocycles. The largest absolute Gasteiger partial charge is 0.380 e. The Labute approximate surface area is 165 Å². The van der Waals surface area contributed by atoms with E-state index >= 15 is 0 Å².